The van der Waals surface area contributed by atoms with Crippen molar-refractivity contribution in [2.75, 3.05) is 13.7 Å². The minimum absolute atomic E-state index is 0.0117. The summed E-state index contributed by atoms with van der Waals surface area (Å²) in [5.74, 6) is 2.63. The quantitative estimate of drug-likeness (QED) is 0.228. The molecule has 2 N–H and O–H groups in total. The summed E-state index contributed by atoms with van der Waals surface area (Å²) in [5, 5.41) is 7.00. The maximum Gasteiger partial charge on any atom is 0.251 e. The molecule has 3 aromatic rings. The van der Waals surface area contributed by atoms with Gasteiger partial charge in [0.15, 0.2) is 11.5 Å². The standard InChI is InChI=1S/C27H24BrN3O4/c1-3-14-35-26-21(15-22(28)16-24(26)34-2)18-29-31-25(32)17-23(19-10-6-4-7-11-19)30-27(33)20-12-8-5-9-13-20/h1,4-13,15-16,18,23H,14,17H2,2H3,(H,30,33)(H,31,32)/b29-18-/t23-/m0/s1. The lowest BCUT2D eigenvalue weighted by atomic mass is 10.0. The van der Waals surface area contributed by atoms with Crippen molar-refractivity contribution in [3.05, 3.63) is 94.0 Å². The third-order valence-electron chi connectivity index (χ3n) is 4.89. The van der Waals surface area contributed by atoms with E-state index >= 15 is 0 Å². The van der Waals surface area contributed by atoms with Crippen LogP contribution >= 0.6 is 15.9 Å². The molecule has 3 aromatic carbocycles. The van der Waals surface area contributed by atoms with Gasteiger partial charge in [0.2, 0.25) is 5.91 Å². The largest absolute Gasteiger partial charge is 0.493 e. The van der Waals surface area contributed by atoms with E-state index in [1.807, 2.05) is 36.4 Å². The van der Waals surface area contributed by atoms with Crippen LogP contribution in [0.4, 0.5) is 0 Å². The van der Waals surface area contributed by atoms with Gasteiger partial charge >= 0.3 is 0 Å². The molecule has 35 heavy (non-hydrogen) atoms. The van der Waals surface area contributed by atoms with Crippen molar-refractivity contribution in [2.45, 2.75) is 12.5 Å². The monoisotopic (exact) mass is 533 g/mol. The smallest absolute Gasteiger partial charge is 0.251 e. The predicted molar refractivity (Wildman–Crippen MR) is 138 cm³/mol. The number of nitrogens with one attached hydrogen (secondary N) is 2. The van der Waals surface area contributed by atoms with Crippen molar-refractivity contribution < 1.29 is 19.1 Å². The Hall–Kier alpha value is -4.09. The lowest BCUT2D eigenvalue weighted by molar-refractivity contribution is -0.121. The van der Waals surface area contributed by atoms with Crippen molar-refractivity contribution >= 4 is 34.0 Å². The summed E-state index contributed by atoms with van der Waals surface area (Å²) >= 11 is 3.41. The number of hydrogen-bond donors (Lipinski definition) is 2. The van der Waals surface area contributed by atoms with Crippen molar-refractivity contribution in [2.24, 2.45) is 5.10 Å². The number of benzene rings is 3. The maximum atomic E-state index is 12.7. The van der Waals surface area contributed by atoms with E-state index in [9.17, 15) is 9.59 Å². The van der Waals surface area contributed by atoms with Crippen LogP contribution in [0.5, 0.6) is 11.5 Å². The average Bonchev–Trinajstić information content (AvgIpc) is 2.88. The van der Waals surface area contributed by atoms with Crippen LogP contribution in [0.3, 0.4) is 0 Å². The Kier molecular flexibility index (Phi) is 9.46. The highest BCUT2D eigenvalue weighted by molar-refractivity contribution is 9.10. The van der Waals surface area contributed by atoms with E-state index in [0.717, 1.165) is 10.0 Å². The Morgan fingerprint density at radius 3 is 2.46 bits per heavy atom. The van der Waals surface area contributed by atoms with E-state index in [1.165, 1.54) is 13.3 Å². The van der Waals surface area contributed by atoms with Crippen LogP contribution in [0.1, 0.15) is 33.9 Å². The molecule has 0 unspecified atom stereocenters. The van der Waals surface area contributed by atoms with Crippen LogP contribution in [0.15, 0.2) is 82.4 Å². The van der Waals surface area contributed by atoms with Gasteiger partial charge in [-0.1, -0.05) is 70.4 Å². The van der Waals surface area contributed by atoms with E-state index in [2.05, 4.69) is 37.7 Å². The predicted octanol–water partition coefficient (Wildman–Crippen LogP) is 4.48. The van der Waals surface area contributed by atoms with Gasteiger partial charge in [0.05, 0.1) is 25.8 Å². The Balaban J connectivity index is 1.73. The van der Waals surface area contributed by atoms with Gasteiger partial charge in [0.1, 0.15) is 6.61 Å². The lowest BCUT2D eigenvalue weighted by Crippen LogP contribution is -2.32. The lowest BCUT2D eigenvalue weighted by Gasteiger charge is -2.18. The number of terminal acetylenes is 1. The molecule has 3 rings (SSSR count). The minimum Gasteiger partial charge on any atom is -0.493 e. The zero-order valence-electron chi connectivity index (χ0n) is 19.0. The first-order valence-electron chi connectivity index (χ1n) is 10.7. The number of hydrazone groups is 1. The number of carbonyl (C=O) groups excluding carboxylic acids is 2. The van der Waals surface area contributed by atoms with Crippen LogP contribution < -0.4 is 20.2 Å². The SMILES string of the molecule is C#CCOc1c(/C=N\NC(=O)C[C@H](NC(=O)c2ccccc2)c2ccccc2)cc(Br)cc1OC. The van der Waals surface area contributed by atoms with Gasteiger partial charge in [-0.3, -0.25) is 9.59 Å². The van der Waals surface area contributed by atoms with Crippen molar-refractivity contribution in [3.63, 3.8) is 0 Å². The van der Waals surface area contributed by atoms with Crippen LogP contribution in [0.2, 0.25) is 0 Å². The highest BCUT2D eigenvalue weighted by Gasteiger charge is 2.19. The second kappa shape index (κ2) is 13.0. The van der Waals surface area contributed by atoms with E-state index < -0.39 is 6.04 Å². The number of hydrogen-bond acceptors (Lipinski definition) is 5. The van der Waals surface area contributed by atoms with Crippen LogP contribution in [0.25, 0.3) is 0 Å². The zero-order chi connectivity index (χ0) is 25.0. The number of amides is 2. The van der Waals surface area contributed by atoms with Gasteiger partial charge in [-0.15, -0.1) is 6.42 Å². The first kappa shape index (κ1) is 25.5. The fraction of sp³-hybridized carbons (Fsp3) is 0.148. The second-order valence-electron chi connectivity index (χ2n) is 7.32. The van der Waals surface area contributed by atoms with E-state index in [1.54, 1.807) is 36.4 Å². The maximum absolute atomic E-state index is 12.7. The highest BCUT2D eigenvalue weighted by atomic mass is 79.9. The summed E-state index contributed by atoms with van der Waals surface area (Å²) in [4.78, 5) is 25.4. The van der Waals surface area contributed by atoms with Crippen LogP contribution in [-0.4, -0.2) is 31.7 Å². The molecule has 2 amide bonds. The fourth-order valence-corrected chi connectivity index (χ4v) is 3.73. The van der Waals surface area contributed by atoms with Gasteiger partial charge in [0.25, 0.3) is 5.91 Å². The molecule has 1 atom stereocenters. The molecule has 0 heterocycles. The van der Waals surface area contributed by atoms with Gasteiger partial charge in [-0.2, -0.15) is 5.10 Å². The molecule has 8 heteroatoms. The third-order valence-corrected chi connectivity index (χ3v) is 5.35. The highest BCUT2D eigenvalue weighted by Crippen LogP contribution is 2.34. The molecular formula is C27H24BrN3O4. The molecule has 0 aromatic heterocycles. The average molecular weight is 534 g/mol. The number of halogens is 1. The summed E-state index contributed by atoms with van der Waals surface area (Å²) in [7, 11) is 1.51. The molecule has 0 bridgehead atoms. The third kappa shape index (κ3) is 7.45. The van der Waals surface area contributed by atoms with Crippen molar-refractivity contribution in [1.82, 2.24) is 10.7 Å². The molecule has 0 fully saturated rings. The Bertz CT molecular complexity index is 1220. The Morgan fingerprint density at radius 2 is 1.80 bits per heavy atom. The second-order valence-corrected chi connectivity index (χ2v) is 8.23. The molecule has 0 saturated carbocycles. The molecule has 0 aliphatic rings. The number of methoxy groups -OCH3 is 1. The number of carbonyl (C=O) groups is 2. The Morgan fingerprint density at radius 1 is 1.11 bits per heavy atom. The molecule has 0 radical (unpaired) electrons. The van der Waals surface area contributed by atoms with Crippen molar-refractivity contribution in [3.8, 4) is 23.8 Å². The molecular weight excluding hydrogens is 510 g/mol. The van der Waals surface area contributed by atoms with E-state index in [4.69, 9.17) is 15.9 Å². The van der Waals surface area contributed by atoms with Gasteiger partial charge < -0.3 is 14.8 Å². The van der Waals surface area contributed by atoms with Gasteiger partial charge in [-0.05, 0) is 29.8 Å². The van der Waals surface area contributed by atoms with Crippen LogP contribution in [0, 0.1) is 12.3 Å². The molecule has 0 aliphatic heterocycles. The molecule has 7 nitrogen and oxygen atoms in total. The molecule has 0 spiro atoms. The topological polar surface area (TPSA) is 89.0 Å². The molecule has 0 saturated heterocycles. The number of ether oxygens (including phenoxy) is 2. The first-order valence-corrected chi connectivity index (χ1v) is 11.5. The number of rotatable bonds is 10. The molecule has 0 aliphatic carbocycles. The van der Waals surface area contributed by atoms with Gasteiger partial charge in [-0.25, -0.2) is 5.43 Å². The summed E-state index contributed by atoms with van der Waals surface area (Å²) in [6, 6.07) is 21.1. The van der Waals surface area contributed by atoms with E-state index in [0.29, 0.717) is 22.6 Å². The number of nitrogens with zero attached hydrogens (tertiary/aromatic N) is 1. The normalized spacial score (nSPS) is 11.3. The van der Waals surface area contributed by atoms with Crippen molar-refractivity contribution in [1.29, 1.82) is 0 Å². The summed E-state index contributed by atoms with van der Waals surface area (Å²) in [5.41, 5.74) is 4.38. The van der Waals surface area contributed by atoms with E-state index in [-0.39, 0.29) is 24.8 Å². The fourth-order valence-electron chi connectivity index (χ4n) is 3.28. The summed E-state index contributed by atoms with van der Waals surface area (Å²) in [6.07, 6.45) is 6.74. The molecule has 178 valence electrons. The summed E-state index contributed by atoms with van der Waals surface area (Å²) in [6.45, 7) is 0.0467. The van der Waals surface area contributed by atoms with Gasteiger partial charge in [0, 0.05) is 15.6 Å². The zero-order valence-corrected chi connectivity index (χ0v) is 20.6. The minimum atomic E-state index is -0.542. The summed E-state index contributed by atoms with van der Waals surface area (Å²) < 4.78 is 11.7. The Labute approximate surface area is 212 Å². The van der Waals surface area contributed by atoms with Crippen LogP contribution in [-0.2, 0) is 4.79 Å². The first-order chi connectivity index (χ1) is 17.0.